The number of aromatic nitrogens is 2. The third-order valence-electron chi connectivity index (χ3n) is 2.08. The van der Waals surface area contributed by atoms with Crippen molar-refractivity contribution in [2.45, 2.75) is 6.42 Å². The van der Waals surface area contributed by atoms with Crippen LogP contribution in [0.5, 0.6) is 0 Å². The number of H-pyrrole nitrogens is 1. The zero-order valence-corrected chi connectivity index (χ0v) is 7.69. The molecule has 1 fully saturated rings. The molecule has 1 aromatic rings. The first-order valence-corrected chi connectivity index (χ1v) is 4.45. The summed E-state index contributed by atoms with van der Waals surface area (Å²) < 4.78 is 5.17. The van der Waals surface area contributed by atoms with Gasteiger partial charge in [-0.15, -0.1) is 0 Å². The fourth-order valence-electron chi connectivity index (χ4n) is 1.37. The molecule has 1 aromatic heterocycles. The van der Waals surface area contributed by atoms with Crippen LogP contribution in [-0.4, -0.2) is 40.9 Å². The molecule has 2 heterocycles. The zero-order chi connectivity index (χ0) is 9.97. The number of carbonyl (C=O) groups excluding carboxylic acids is 1. The van der Waals surface area contributed by atoms with Crippen molar-refractivity contribution < 1.29 is 9.53 Å². The Morgan fingerprint density at radius 1 is 1.71 bits per heavy atom. The van der Waals surface area contributed by atoms with Crippen LogP contribution in [0, 0.1) is 0 Å². The van der Waals surface area contributed by atoms with Crippen molar-refractivity contribution in [3.05, 3.63) is 11.8 Å². The summed E-state index contributed by atoms with van der Waals surface area (Å²) in [6.07, 6.45) is 0.870. The van der Waals surface area contributed by atoms with E-state index < -0.39 is 0 Å². The molecule has 0 aromatic carbocycles. The molecule has 76 valence electrons. The van der Waals surface area contributed by atoms with Crippen molar-refractivity contribution in [1.29, 1.82) is 0 Å². The first-order chi connectivity index (χ1) is 6.77. The standard InChI is InChI=1S/C8H12N4O2/c9-7-4-6(10-11-7)8(13)12-2-1-3-14-5-12/h4H,1-3,5H2,(H3,9,10,11). The third kappa shape index (κ3) is 1.69. The normalized spacial score (nSPS) is 17.0. The Hall–Kier alpha value is -1.56. The highest BCUT2D eigenvalue weighted by Crippen LogP contribution is 2.08. The number of nitrogen functional groups attached to an aromatic ring is 1. The number of hydrogen-bond donors (Lipinski definition) is 2. The molecule has 6 nitrogen and oxygen atoms in total. The Kier molecular flexibility index (Phi) is 2.36. The molecule has 0 radical (unpaired) electrons. The summed E-state index contributed by atoms with van der Waals surface area (Å²) in [5.74, 6) is 0.208. The van der Waals surface area contributed by atoms with E-state index in [1.807, 2.05) is 0 Å². The molecule has 1 aliphatic heterocycles. The van der Waals surface area contributed by atoms with Crippen LogP contribution in [0.2, 0.25) is 0 Å². The Labute approximate surface area is 81.0 Å². The third-order valence-corrected chi connectivity index (χ3v) is 2.08. The van der Waals surface area contributed by atoms with E-state index in [-0.39, 0.29) is 5.91 Å². The molecule has 0 aliphatic carbocycles. The van der Waals surface area contributed by atoms with Crippen LogP contribution in [-0.2, 0) is 4.74 Å². The lowest BCUT2D eigenvalue weighted by Gasteiger charge is -2.25. The van der Waals surface area contributed by atoms with Gasteiger partial charge in [-0.3, -0.25) is 9.89 Å². The summed E-state index contributed by atoms with van der Waals surface area (Å²) in [6.45, 7) is 1.78. The van der Waals surface area contributed by atoms with Crippen LogP contribution in [0.1, 0.15) is 16.9 Å². The predicted octanol–water partition coefficient (Wildman–Crippen LogP) is -0.188. The van der Waals surface area contributed by atoms with Crippen LogP contribution in [0.25, 0.3) is 0 Å². The molecule has 0 bridgehead atoms. The number of ether oxygens (including phenoxy) is 1. The number of rotatable bonds is 1. The van der Waals surface area contributed by atoms with Crippen LogP contribution >= 0.6 is 0 Å². The maximum atomic E-state index is 11.7. The molecule has 1 saturated heterocycles. The fraction of sp³-hybridized carbons (Fsp3) is 0.500. The average Bonchev–Trinajstić information content (AvgIpc) is 2.65. The fourth-order valence-corrected chi connectivity index (χ4v) is 1.37. The van der Waals surface area contributed by atoms with Gasteiger partial charge in [0.25, 0.3) is 5.91 Å². The van der Waals surface area contributed by atoms with Gasteiger partial charge in [-0.05, 0) is 6.42 Å². The number of aromatic amines is 1. The lowest BCUT2D eigenvalue weighted by molar-refractivity contribution is -0.00603. The summed E-state index contributed by atoms with van der Waals surface area (Å²) in [6, 6.07) is 1.52. The van der Waals surface area contributed by atoms with E-state index in [0.29, 0.717) is 18.2 Å². The molecule has 0 saturated carbocycles. The van der Waals surface area contributed by atoms with Crippen molar-refractivity contribution in [3.8, 4) is 0 Å². The number of carbonyl (C=O) groups is 1. The van der Waals surface area contributed by atoms with E-state index in [9.17, 15) is 4.79 Å². The van der Waals surface area contributed by atoms with Gasteiger partial charge in [-0.25, -0.2) is 0 Å². The van der Waals surface area contributed by atoms with E-state index in [1.54, 1.807) is 4.90 Å². The van der Waals surface area contributed by atoms with Crippen molar-refractivity contribution in [3.63, 3.8) is 0 Å². The second-order valence-corrected chi connectivity index (χ2v) is 3.17. The van der Waals surface area contributed by atoms with Gasteiger partial charge < -0.3 is 15.4 Å². The van der Waals surface area contributed by atoms with Crippen LogP contribution in [0.3, 0.4) is 0 Å². The van der Waals surface area contributed by atoms with Gasteiger partial charge in [-0.2, -0.15) is 5.10 Å². The second kappa shape index (κ2) is 3.67. The van der Waals surface area contributed by atoms with Gasteiger partial charge in [0.1, 0.15) is 18.2 Å². The van der Waals surface area contributed by atoms with Gasteiger partial charge >= 0.3 is 0 Å². The molecule has 1 aliphatic rings. The monoisotopic (exact) mass is 196 g/mol. The molecule has 14 heavy (non-hydrogen) atoms. The molecule has 0 atom stereocenters. The Morgan fingerprint density at radius 2 is 2.57 bits per heavy atom. The van der Waals surface area contributed by atoms with Crippen molar-refractivity contribution in [1.82, 2.24) is 15.1 Å². The van der Waals surface area contributed by atoms with Crippen LogP contribution < -0.4 is 5.73 Å². The minimum atomic E-state index is -0.117. The highest BCUT2D eigenvalue weighted by Gasteiger charge is 2.19. The minimum absolute atomic E-state index is 0.117. The van der Waals surface area contributed by atoms with Gasteiger partial charge in [0.15, 0.2) is 0 Å². The molecular formula is C8H12N4O2. The van der Waals surface area contributed by atoms with Crippen LogP contribution in [0.4, 0.5) is 5.82 Å². The summed E-state index contributed by atoms with van der Waals surface area (Å²) in [7, 11) is 0. The highest BCUT2D eigenvalue weighted by atomic mass is 16.5. The van der Waals surface area contributed by atoms with Crippen LogP contribution in [0.15, 0.2) is 6.07 Å². The lowest BCUT2D eigenvalue weighted by atomic mass is 10.3. The van der Waals surface area contributed by atoms with Gasteiger partial charge in [0, 0.05) is 12.6 Å². The zero-order valence-electron chi connectivity index (χ0n) is 7.69. The maximum Gasteiger partial charge on any atom is 0.273 e. The van der Waals surface area contributed by atoms with Crippen molar-refractivity contribution >= 4 is 11.7 Å². The molecule has 2 rings (SSSR count). The molecule has 1 amide bonds. The molecule has 3 N–H and O–H groups in total. The summed E-state index contributed by atoms with van der Waals surface area (Å²) in [5, 5.41) is 6.28. The second-order valence-electron chi connectivity index (χ2n) is 3.17. The lowest BCUT2D eigenvalue weighted by Crippen LogP contribution is -2.38. The highest BCUT2D eigenvalue weighted by molar-refractivity contribution is 5.92. The number of hydrogen-bond acceptors (Lipinski definition) is 4. The topological polar surface area (TPSA) is 84.2 Å². The number of nitrogens with one attached hydrogen (secondary N) is 1. The molecule has 0 unspecified atom stereocenters. The number of nitrogens with zero attached hydrogens (tertiary/aromatic N) is 2. The Bertz CT molecular complexity index is 330. The SMILES string of the molecule is Nc1cc(C(=O)N2CCCOC2)[nH]n1. The number of amides is 1. The largest absolute Gasteiger partial charge is 0.382 e. The van der Waals surface area contributed by atoms with Crippen molar-refractivity contribution in [2.24, 2.45) is 0 Å². The summed E-state index contributed by atoms with van der Waals surface area (Å²) in [5.41, 5.74) is 5.81. The Balaban J connectivity index is 2.07. The molecular weight excluding hydrogens is 184 g/mol. The maximum absolute atomic E-state index is 11.7. The first kappa shape index (κ1) is 9.01. The summed E-state index contributed by atoms with van der Waals surface area (Å²) in [4.78, 5) is 13.4. The first-order valence-electron chi connectivity index (χ1n) is 4.45. The quantitative estimate of drug-likeness (QED) is 0.652. The van der Waals surface area contributed by atoms with E-state index >= 15 is 0 Å². The van der Waals surface area contributed by atoms with E-state index in [4.69, 9.17) is 10.5 Å². The Morgan fingerprint density at radius 3 is 3.14 bits per heavy atom. The van der Waals surface area contributed by atoms with E-state index in [0.717, 1.165) is 19.6 Å². The number of anilines is 1. The van der Waals surface area contributed by atoms with Crippen molar-refractivity contribution in [2.75, 3.05) is 25.6 Å². The van der Waals surface area contributed by atoms with E-state index in [2.05, 4.69) is 10.2 Å². The molecule has 6 heteroatoms. The van der Waals surface area contributed by atoms with Gasteiger partial charge in [0.2, 0.25) is 0 Å². The van der Waals surface area contributed by atoms with Gasteiger partial charge in [-0.1, -0.05) is 0 Å². The molecule has 0 spiro atoms. The average molecular weight is 196 g/mol. The summed E-state index contributed by atoms with van der Waals surface area (Å²) >= 11 is 0. The van der Waals surface area contributed by atoms with Gasteiger partial charge in [0.05, 0.1) is 6.61 Å². The predicted molar refractivity (Wildman–Crippen MR) is 49.5 cm³/mol. The number of nitrogens with two attached hydrogens (primary N) is 1. The van der Waals surface area contributed by atoms with E-state index in [1.165, 1.54) is 6.07 Å². The minimum Gasteiger partial charge on any atom is -0.382 e. The smallest absolute Gasteiger partial charge is 0.273 e.